The molecule has 1 aliphatic heterocycles. The van der Waals surface area contributed by atoms with Gasteiger partial charge in [0.15, 0.2) is 0 Å². The number of hydrogen-bond acceptors (Lipinski definition) is 0. The molecule has 0 radical (unpaired) electrons. The third kappa shape index (κ3) is 4.18. The smallest absolute Gasteiger partial charge is 0.0788 e. The lowest BCUT2D eigenvalue weighted by atomic mass is 10.2. The zero-order valence-corrected chi connectivity index (χ0v) is 10.7. The largest absolute Gasteiger partial charge is 1.00 e. The average Bonchev–Trinajstić information content (AvgIpc) is 2.61. The lowest BCUT2D eigenvalue weighted by Gasteiger charge is -2.34. The van der Waals surface area contributed by atoms with Gasteiger partial charge in [0.05, 0.1) is 26.2 Å². The normalized spacial score (nSPS) is 19.3. The van der Waals surface area contributed by atoms with E-state index in [2.05, 4.69) is 13.8 Å². The molecular weight excluding hydrogens is 194 g/mol. The summed E-state index contributed by atoms with van der Waals surface area (Å²) in [7, 11) is 0. The molecule has 0 aromatic rings. The van der Waals surface area contributed by atoms with E-state index < -0.39 is 0 Å². The lowest BCUT2D eigenvalue weighted by Crippen LogP contribution is -3.00. The summed E-state index contributed by atoms with van der Waals surface area (Å²) >= 11 is 0. The van der Waals surface area contributed by atoms with Crippen molar-refractivity contribution in [2.24, 2.45) is 0 Å². The highest BCUT2D eigenvalue weighted by atomic mass is 35.5. The van der Waals surface area contributed by atoms with Crippen LogP contribution in [0.25, 0.3) is 0 Å². The molecule has 0 N–H and O–H groups in total. The maximum Gasteiger partial charge on any atom is 0.0788 e. The quantitative estimate of drug-likeness (QED) is 0.561. The molecule has 0 saturated carbocycles. The first-order chi connectivity index (χ1) is 6.33. The number of unbranched alkanes of at least 4 members (excludes halogenated alkanes) is 2. The number of quaternary nitrogens is 1. The van der Waals surface area contributed by atoms with Gasteiger partial charge < -0.3 is 16.9 Å². The summed E-state index contributed by atoms with van der Waals surface area (Å²) in [4.78, 5) is 0. The summed E-state index contributed by atoms with van der Waals surface area (Å²) in [6, 6.07) is 0. The molecule has 14 heavy (non-hydrogen) atoms. The van der Waals surface area contributed by atoms with Crippen LogP contribution in [0.4, 0.5) is 0 Å². The van der Waals surface area contributed by atoms with Crippen molar-refractivity contribution in [1.82, 2.24) is 0 Å². The fraction of sp³-hybridized carbons (Fsp3) is 1.00. The van der Waals surface area contributed by atoms with E-state index in [1.165, 1.54) is 69.2 Å². The molecule has 0 bridgehead atoms. The van der Waals surface area contributed by atoms with Gasteiger partial charge in [-0.2, -0.15) is 0 Å². The Balaban J connectivity index is 0.00000169. The third-order valence-electron chi connectivity index (χ3n) is 3.49. The first-order valence-electron chi connectivity index (χ1n) is 6.18. The Morgan fingerprint density at radius 1 is 0.857 bits per heavy atom. The molecule has 86 valence electrons. The maximum atomic E-state index is 2.31. The summed E-state index contributed by atoms with van der Waals surface area (Å²) in [5.74, 6) is 0. The summed E-state index contributed by atoms with van der Waals surface area (Å²) in [6.07, 6.45) is 8.56. The van der Waals surface area contributed by atoms with E-state index in [1.807, 2.05) is 0 Å². The van der Waals surface area contributed by atoms with Crippen LogP contribution < -0.4 is 12.4 Å². The van der Waals surface area contributed by atoms with Crippen LogP contribution in [0.15, 0.2) is 0 Å². The zero-order valence-electron chi connectivity index (χ0n) is 9.90. The molecule has 0 spiro atoms. The molecule has 0 aromatic carbocycles. The minimum absolute atomic E-state index is 0. The van der Waals surface area contributed by atoms with Gasteiger partial charge in [0.1, 0.15) is 0 Å². The fourth-order valence-corrected chi connectivity index (χ4v) is 2.55. The Morgan fingerprint density at radius 3 is 1.64 bits per heavy atom. The maximum absolute atomic E-state index is 2.31. The molecule has 1 saturated heterocycles. The molecule has 1 fully saturated rings. The van der Waals surface area contributed by atoms with Gasteiger partial charge in [0.25, 0.3) is 0 Å². The summed E-state index contributed by atoms with van der Waals surface area (Å²) in [6.45, 7) is 10.5. The van der Waals surface area contributed by atoms with E-state index >= 15 is 0 Å². The first kappa shape index (κ1) is 14.2. The highest BCUT2D eigenvalue weighted by molar-refractivity contribution is 4.55. The van der Waals surface area contributed by atoms with Gasteiger partial charge >= 0.3 is 0 Å². The van der Waals surface area contributed by atoms with Crippen molar-refractivity contribution in [1.29, 1.82) is 0 Å². The first-order valence-corrected chi connectivity index (χ1v) is 6.18. The lowest BCUT2D eigenvalue weighted by molar-refractivity contribution is -0.917. The van der Waals surface area contributed by atoms with Crippen molar-refractivity contribution >= 4 is 0 Å². The average molecular weight is 220 g/mol. The highest BCUT2D eigenvalue weighted by Gasteiger charge is 2.29. The van der Waals surface area contributed by atoms with Crippen LogP contribution in [0.3, 0.4) is 0 Å². The Hall–Kier alpha value is 0.250. The molecule has 1 heterocycles. The van der Waals surface area contributed by atoms with Crippen LogP contribution >= 0.6 is 0 Å². The van der Waals surface area contributed by atoms with Crippen LogP contribution in [-0.4, -0.2) is 30.7 Å². The zero-order chi connectivity index (χ0) is 9.57. The van der Waals surface area contributed by atoms with Crippen LogP contribution in [-0.2, 0) is 0 Å². The molecule has 0 unspecified atom stereocenters. The topological polar surface area (TPSA) is 0 Å². The predicted molar refractivity (Wildman–Crippen MR) is 58.8 cm³/mol. The van der Waals surface area contributed by atoms with Crippen LogP contribution in [0, 0.1) is 0 Å². The van der Waals surface area contributed by atoms with Crippen LogP contribution in [0.5, 0.6) is 0 Å². The van der Waals surface area contributed by atoms with Gasteiger partial charge in [-0.3, -0.25) is 0 Å². The molecule has 0 atom stereocenters. The number of likely N-dealkylation sites (tertiary alicyclic amines) is 1. The van der Waals surface area contributed by atoms with Crippen molar-refractivity contribution in [3.63, 3.8) is 0 Å². The van der Waals surface area contributed by atoms with Gasteiger partial charge in [0.2, 0.25) is 0 Å². The molecule has 2 heteroatoms. The molecule has 0 amide bonds. The van der Waals surface area contributed by atoms with Crippen molar-refractivity contribution < 1.29 is 16.9 Å². The minimum Gasteiger partial charge on any atom is -1.00 e. The van der Waals surface area contributed by atoms with Gasteiger partial charge in [-0.05, 0) is 12.8 Å². The van der Waals surface area contributed by atoms with Gasteiger partial charge in [-0.1, -0.05) is 26.7 Å². The van der Waals surface area contributed by atoms with Crippen molar-refractivity contribution in [2.45, 2.75) is 52.4 Å². The standard InChI is InChI=1S/C12H26N.ClH/c1-3-5-9-13(10-6-4-2)11-7-8-12-13;/h3-12H2,1-2H3;1H/q+1;/p-1. The Bertz CT molecular complexity index is 120. The molecule has 0 aromatic heterocycles. The van der Waals surface area contributed by atoms with Crippen molar-refractivity contribution in [3.05, 3.63) is 0 Å². The monoisotopic (exact) mass is 219 g/mol. The number of hydrogen-bond donors (Lipinski definition) is 0. The second-order valence-electron chi connectivity index (χ2n) is 4.65. The number of halogens is 1. The van der Waals surface area contributed by atoms with Crippen molar-refractivity contribution in [2.75, 3.05) is 26.2 Å². The van der Waals surface area contributed by atoms with E-state index in [-0.39, 0.29) is 12.4 Å². The Labute approximate surface area is 95.9 Å². The van der Waals surface area contributed by atoms with E-state index in [4.69, 9.17) is 0 Å². The second kappa shape index (κ2) is 7.53. The molecular formula is C12H26ClN. The molecule has 1 rings (SSSR count). The highest BCUT2D eigenvalue weighted by Crippen LogP contribution is 2.21. The Kier molecular flexibility index (Phi) is 7.66. The van der Waals surface area contributed by atoms with E-state index in [0.717, 1.165) is 0 Å². The number of rotatable bonds is 6. The van der Waals surface area contributed by atoms with E-state index in [1.54, 1.807) is 0 Å². The predicted octanol–water partition coefficient (Wildman–Crippen LogP) is 0.201. The summed E-state index contributed by atoms with van der Waals surface area (Å²) in [5, 5.41) is 0. The third-order valence-corrected chi connectivity index (χ3v) is 3.49. The van der Waals surface area contributed by atoms with Crippen molar-refractivity contribution in [3.8, 4) is 0 Å². The van der Waals surface area contributed by atoms with E-state index in [9.17, 15) is 0 Å². The Morgan fingerprint density at radius 2 is 1.29 bits per heavy atom. The van der Waals surface area contributed by atoms with Crippen LogP contribution in [0.1, 0.15) is 52.4 Å². The summed E-state index contributed by atoms with van der Waals surface area (Å²) in [5.41, 5.74) is 0. The molecule has 1 nitrogen and oxygen atoms in total. The fourth-order valence-electron chi connectivity index (χ4n) is 2.55. The molecule has 0 aliphatic carbocycles. The van der Waals surface area contributed by atoms with Gasteiger partial charge in [-0.25, -0.2) is 0 Å². The SMILES string of the molecule is CCCC[N+]1(CCCC)CCCC1.[Cl-]. The van der Waals surface area contributed by atoms with Gasteiger partial charge in [0, 0.05) is 12.8 Å². The summed E-state index contributed by atoms with van der Waals surface area (Å²) < 4.78 is 1.46. The van der Waals surface area contributed by atoms with Gasteiger partial charge in [-0.15, -0.1) is 0 Å². The van der Waals surface area contributed by atoms with E-state index in [0.29, 0.717) is 0 Å². The number of nitrogens with zero attached hydrogens (tertiary/aromatic N) is 1. The van der Waals surface area contributed by atoms with Crippen LogP contribution in [0.2, 0.25) is 0 Å². The second-order valence-corrected chi connectivity index (χ2v) is 4.65. The minimum atomic E-state index is 0. The molecule has 1 aliphatic rings.